The van der Waals surface area contributed by atoms with Crippen molar-refractivity contribution in [1.29, 1.82) is 0 Å². The highest BCUT2D eigenvalue weighted by Gasteiger charge is 2.26. The fourth-order valence-electron chi connectivity index (χ4n) is 4.36. The van der Waals surface area contributed by atoms with E-state index in [0.29, 0.717) is 52.7 Å². The average Bonchev–Trinajstić information content (AvgIpc) is 2.85. The number of carbonyl (C=O) groups excluding carboxylic acids is 1. The summed E-state index contributed by atoms with van der Waals surface area (Å²) in [6, 6.07) is 18.4. The molecule has 1 amide bonds. The predicted molar refractivity (Wildman–Crippen MR) is 134 cm³/mol. The number of carbonyl (C=O) groups is 1. The van der Waals surface area contributed by atoms with Crippen molar-refractivity contribution in [2.75, 3.05) is 13.1 Å². The highest BCUT2D eigenvalue weighted by molar-refractivity contribution is 6.58. The van der Waals surface area contributed by atoms with Gasteiger partial charge in [0.15, 0.2) is 0 Å². The second-order valence-electron chi connectivity index (χ2n) is 8.33. The molecule has 4 N–H and O–H groups in total. The van der Waals surface area contributed by atoms with Crippen LogP contribution in [0.15, 0.2) is 60.7 Å². The molecule has 8 heteroatoms. The van der Waals surface area contributed by atoms with Crippen molar-refractivity contribution in [2.24, 2.45) is 5.73 Å². The van der Waals surface area contributed by atoms with Crippen molar-refractivity contribution in [3.05, 3.63) is 87.4 Å². The van der Waals surface area contributed by atoms with E-state index in [-0.39, 0.29) is 10.9 Å². The molecule has 0 spiro atoms. The van der Waals surface area contributed by atoms with Crippen molar-refractivity contribution in [3.8, 4) is 11.1 Å². The van der Waals surface area contributed by atoms with Crippen LogP contribution in [0.4, 0.5) is 0 Å². The lowest BCUT2D eigenvalue weighted by molar-refractivity contribution is 0.0713. The van der Waals surface area contributed by atoms with Crippen molar-refractivity contribution < 1.29 is 14.8 Å². The minimum Gasteiger partial charge on any atom is -0.423 e. The van der Waals surface area contributed by atoms with E-state index < -0.39 is 7.12 Å². The van der Waals surface area contributed by atoms with E-state index in [1.165, 1.54) is 5.56 Å². The van der Waals surface area contributed by atoms with Crippen LogP contribution in [0, 0.1) is 0 Å². The van der Waals surface area contributed by atoms with E-state index >= 15 is 0 Å². The van der Waals surface area contributed by atoms with Crippen LogP contribution in [0.25, 0.3) is 11.1 Å². The molecule has 0 atom stereocenters. The molecule has 3 aromatic rings. The van der Waals surface area contributed by atoms with Crippen LogP contribution in [0.1, 0.15) is 40.2 Å². The van der Waals surface area contributed by atoms with Gasteiger partial charge >= 0.3 is 7.12 Å². The Kier molecular flexibility index (Phi) is 7.42. The summed E-state index contributed by atoms with van der Waals surface area (Å²) in [5.41, 5.74) is 10.2. The van der Waals surface area contributed by atoms with Crippen LogP contribution < -0.4 is 11.2 Å². The normalized spacial score (nSPS) is 14.4. The summed E-state index contributed by atoms with van der Waals surface area (Å²) >= 11 is 12.8. The number of hydrogen-bond acceptors (Lipinski definition) is 4. The first-order valence-electron chi connectivity index (χ1n) is 10.9. The van der Waals surface area contributed by atoms with Gasteiger partial charge in [-0.3, -0.25) is 4.79 Å². The maximum absolute atomic E-state index is 13.3. The molecule has 1 aliphatic rings. The van der Waals surface area contributed by atoms with E-state index in [1.54, 1.807) is 36.4 Å². The fraction of sp³-hybridized carbons (Fsp3) is 0.240. The van der Waals surface area contributed by atoms with Crippen molar-refractivity contribution >= 4 is 41.7 Å². The third kappa shape index (κ3) is 5.26. The molecule has 33 heavy (non-hydrogen) atoms. The molecule has 0 aliphatic carbocycles. The first-order chi connectivity index (χ1) is 15.9. The molecule has 0 radical (unpaired) electrons. The zero-order valence-electron chi connectivity index (χ0n) is 18.0. The summed E-state index contributed by atoms with van der Waals surface area (Å²) in [6.07, 6.45) is 1.76. The minimum absolute atomic E-state index is 0.0951. The highest BCUT2D eigenvalue weighted by Crippen LogP contribution is 2.36. The van der Waals surface area contributed by atoms with Crippen LogP contribution in [0.2, 0.25) is 10.0 Å². The van der Waals surface area contributed by atoms with Gasteiger partial charge in [0.05, 0.1) is 10.0 Å². The largest absolute Gasteiger partial charge is 0.488 e. The monoisotopic (exact) mass is 482 g/mol. The van der Waals surface area contributed by atoms with E-state index in [9.17, 15) is 14.8 Å². The number of amides is 1. The van der Waals surface area contributed by atoms with Gasteiger partial charge in [0.1, 0.15) is 0 Å². The maximum Gasteiger partial charge on any atom is 0.488 e. The molecular weight excluding hydrogens is 458 g/mol. The Hall–Kier alpha value is -2.35. The number of rotatable bonds is 5. The van der Waals surface area contributed by atoms with Gasteiger partial charge in [-0.15, -0.1) is 0 Å². The number of likely N-dealkylation sites (tertiary alicyclic amines) is 1. The van der Waals surface area contributed by atoms with E-state index in [0.717, 1.165) is 18.4 Å². The van der Waals surface area contributed by atoms with Gasteiger partial charge in [-0.1, -0.05) is 71.7 Å². The lowest BCUT2D eigenvalue weighted by Crippen LogP contribution is -2.38. The molecule has 1 fully saturated rings. The molecule has 0 aromatic heterocycles. The molecule has 1 heterocycles. The average molecular weight is 483 g/mol. The number of nitrogens with two attached hydrogens (primary N) is 1. The zero-order valence-corrected chi connectivity index (χ0v) is 19.6. The molecule has 1 aliphatic heterocycles. The molecular formula is C25H25BCl2N2O3. The zero-order chi connectivity index (χ0) is 23.5. The second kappa shape index (κ2) is 10.3. The standard InChI is InChI=1S/C25H25BCl2N2O3/c27-23-14-20(13-22(24(23)28)19-5-2-6-21(12-19)26(32)33)25(31)30-9-7-17(8-10-30)18-4-1-3-16(11-18)15-29/h1-6,11-14,17,32-33H,7-10,15,29H2. The highest BCUT2D eigenvalue weighted by atomic mass is 35.5. The van der Waals surface area contributed by atoms with Crippen LogP contribution >= 0.6 is 23.2 Å². The van der Waals surface area contributed by atoms with Gasteiger partial charge in [0.2, 0.25) is 0 Å². The van der Waals surface area contributed by atoms with Gasteiger partial charge in [-0.2, -0.15) is 0 Å². The van der Waals surface area contributed by atoms with E-state index in [1.807, 2.05) is 17.0 Å². The SMILES string of the molecule is NCc1cccc(C2CCN(C(=O)c3cc(Cl)c(Cl)c(-c4cccc(B(O)O)c4)c3)CC2)c1. The Morgan fingerprint density at radius 2 is 1.76 bits per heavy atom. The lowest BCUT2D eigenvalue weighted by Gasteiger charge is -2.32. The van der Waals surface area contributed by atoms with Crippen LogP contribution in [0.3, 0.4) is 0 Å². The number of piperidine rings is 1. The Bertz CT molecular complexity index is 1160. The Labute approximate surface area is 203 Å². The van der Waals surface area contributed by atoms with E-state index in [2.05, 4.69) is 12.1 Å². The van der Waals surface area contributed by atoms with Gasteiger partial charge in [-0.25, -0.2) is 0 Å². The van der Waals surface area contributed by atoms with Crippen molar-refractivity contribution in [1.82, 2.24) is 4.90 Å². The number of halogens is 2. The van der Waals surface area contributed by atoms with Crippen molar-refractivity contribution in [2.45, 2.75) is 25.3 Å². The summed E-state index contributed by atoms with van der Waals surface area (Å²) in [5, 5.41) is 19.6. The summed E-state index contributed by atoms with van der Waals surface area (Å²) in [5.74, 6) is 0.305. The van der Waals surface area contributed by atoms with Gasteiger partial charge < -0.3 is 20.7 Å². The third-order valence-electron chi connectivity index (χ3n) is 6.21. The lowest BCUT2D eigenvalue weighted by atomic mass is 9.79. The van der Waals surface area contributed by atoms with Crippen LogP contribution in [-0.2, 0) is 6.54 Å². The molecule has 0 saturated carbocycles. The molecule has 5 nitrogen and oxygen atoms in total. The number of nitrogens with zero attached hydrogens (tertiary/aromatic N) is 1. The Balaban J connectivity index is 1.54. The summed E-state index contributed by atoms with van der Waals surface area (Å²) in [4.78, 5) is 15.1. The molecule has 0 bridgehead atoms. The smallest absolute Gasteiger partial charge is 0.423 e. The predicted octanol–water partition coefficient (Wildman–Crippen LogP) is 3.82. The first kappa shape index (κ1) is 23.8. The Morgan fingerprint density at radius 1 is 1.03 bits per heavy atom. The third-order valence-corrected chi connectivity index (χ3v) is 7.01. The van der Waals surface area contributed by atoms with E-state index in [4.69, 9.17) is 28.9 Å². The number of benzene rings is 3. The van der Waals surface area contributed by atoms with Crippen LogP contribution in [0.5, 0.6) is 0 Å². The quantitative estimate of drug-likeness (QED) is 0.482. The molecule has 1 saturated heterocycles. The van der Waals surface area contributed by atoms with Gasteiger partial charge in [0.25, 0.3) is 5.91 Å². The van der Waals surface area contributed by atoms with Gasteiger partial charge in [-0.05, 0) is 53.0 Å². The maximum atomic E-state index is 13.3. The molecule has 4 rings (SSSR count). The second-order valence-corrected chi connectivity index (χ2v) is 9.12. The Morgan fingerprint density at radius 3 is 2.45 bits per heavy atom. The summed E-state index contributed by atoms with van der Waals surface area (Å²) in [7, 11) is -1.60. The molecule has 3 aromatic carbocycles. The topological polar surface area (TPSA) is 86.8 Å². The fourth-order valence-corrected chi connectivity index (χ4v) is 4.80. The minimum atomic E-state index is -1.60. The molecule has 0 unspecified atom stereocenters. The summed E-state index contributed by atoms with van der Waals surface area (Å²) in [6.45, 7) is 1.82. The van der Waals surface area contributed by atoms with Crippen molar-refractivity contribution in [3.63, 3.8) is 0 Å². The van der Waals surface area contributed by atoms with Crippen LogP contribution in [-0.4, -0.2) is 41.1 Å². The molecule has 170 valence electrons. The first-order valence-corrected chi connectivity index (χ1v) is 11.7. The summed E-state index contributed by atoms with van der Waals surface area (Å²) < 4.78 is 0. The van der Waals surface area contributed by atoms with Gasteiger partial charge in [0, 0.05) is 30.8 Å². The number of hydrogen-bond donors (Lipinski definition) is 3.